The molecule has 33 heavy (non-hydrogen) atoms. The third-order valence-corrected chi connectivity index (χ3v) is 8.40. The number of nitrogens with zero attached hydrogens (tertiary/aromatic N) is 2. The fourth-order valence-electron chi connectivity index (χ4n) is 3.64. The van der Waals surface area contributed by atoms with Crippen molar-refractivity contribution in [2.75, 3.05) is 6.26 Å². The summed E-state index contributed by atoms with van der Waals surface area (Å²) < 4.78 is 24.1. The number of aromatic nitrogens is 2. The number of nitrogens with one attached hydrogen (secondary N) is 1. The molecule has 172 valence electrons. The Labute approximate surface area is 192 Å². The van der Waals surface area contributed by atoms with Crippen molar-refractivity contribution >= 4 is 26.6 Å². The van der Waals surface area contributed by atoms with Crippen molar-refractivity contribution in [2.24, 2.45) is 5.73 Å². The Kier molecular flexibility index (Phi) is 5.78. The van der Waals surface area contributed by atoms with E-state index in [9.17, 15) is 13.2 Å². The van der Waals surface area contributed by atoms with Crippen molar-refractivity contribution in [3.63, 3.8) is 0 Å². The van der Waals surface area contributed by atoms with Gasteiger partial charge < -0.3 is 5.73 Å². The average Bonchev–Trinajstić information content (AvgIpc) is 3.40. The third kappa shape index (κ3) is 4.64. The number of amides is 1. The molecule has 1 saturated carbocycles. The first-order chi connectivity index (χ1) is 15.5. The molecule has 9 heteroatoms. The molecule has 1 atom stereocenters. The van der Waals surface area contributed by atoms with Gasteiger partial charge in [-0.2, -0.15) is 5.10 Å². The van der Waals surface area contributed by atoms with E-state index in [-0.39, 0.29) is 18.5 Å². The molecule has 1 aliphatic rings. The first-order valence-corrected chi connectivity index (χ1v) is 12.5. The Hall–Kier alpha value is -3.19. The number of benzene rings is 2. The van der Waals surface area contributed by atoms with Crippen molar-refractivity contribution in [1.82, 2.24) is 15.3 Å². The van der Waals surface area contributed by atoms with Crippen LogP contribution in [-0.4, -0.2) is 40.3 Å². The number of sulfone groups is 1. The fraction of sp³-hybridized carbons (Fsp3) is 0.333. The van der Waals surface area contributed by atoms with Gasteiger partial charge in [0.15, 0.2) is 14.6 Å². The van der Waals surface area contributed by atoms with Crippen LogP contribution in [0.3, 0.4) is 0 Å². The number of fused-ring (bicyclic) bond motifs is 1. The molecule has 1 heterocycles. The van der Waals surface area contributed by atoms with Crippen LogP contribution < -0.4 is 11.2 Å². The van der Waals surface area contributed by atoms with E-state index in [1.54, 1.807) is 10.9 Å². The van der Waals surface area contributed by atoms with Gasteiger partial charge in [0, 0.05) is 41.0 Å². The molecule has 4 N–H and O–H groups in total. The maximum absolute atomic E-state index is 12.1. The van der Waals surface area contributed by atoms with Gasteiger partial charge >= 0.3 is 0 Å². The van der Waals surface area contributed by atoms with Crippen LogP contribution in [0.15, 0.2) is 48.7 Å². The number of carbonyl (C=O) groups is 1. The van der Waals surface area contributed by atoms with Crippen molar-refractivity contribution in [1.29, 1.82) is 0 Å². The highest BCUT2D eigenvalue weighted by Gasteiger charge is 2.43. The van der Waals surface area contributed by atoms with Crippen LogP contribution in [0.25, 0.3) is 10.9 Å². The third-order valence-electron chi connectivity index (χ3n) is 6.37. The van der Waals surface area contributed by atoms with Crippen LogP contribution in [-0.2, 0) is 26.7 Å². The molecule has 3 aromatic rings. The second-order valence-corrected chi connectivity index (χ2v) is 11.3. The van der Waals surface area contributed by atoms with E-state index in [2.05, 4.69) is 16.9 Å². The van der Waals surface area contributed by atoms with Gasteiger partial charge in [0.1, 0.15) is 0 Å². The molecule has 0 aliphatic heterocycles. The van der Waals surface area contributed by atoms with E-state index in [1.807, 2.05) is 42.5 Å². The lowest BCUT2D eigenvalue weighted by atomic mass is 10.0. The number of hydroxylamine groups is 1. The molecule has 1 aromatic heterocycles. The predicted molar refractivity (Wildman–Crippen MR) is 125 cm³/mol. The second-order valence-electron chi connectivity index (χ2n) is 8.84. The van der Waals surface area contributed by atoms with Crippen molar-refractivity contribution in [3.8, 4) is 11.8 Å². The minimum Gasteiger partial charge on any atom is -0.321 e. The summed E-state index contributed by atoms with van der Waals surface area (Å²) in [6.07, 6.45) is 4.76. The second kappa shape index (κ2) is 8.30. The molecule has 2 aromatic carbocycles. The molecule has 4 rings (SSSR count). The number of carbonyl (C=O) groups excluding carboxylic acids is 1. The Balaban J connectivity index is 1.50. The van der Waals surface area contributed by atoms with Gasteiger partial charge in [-0.1, -0.05) is 24.0 Å². The van der Waals surface area contributed by atoms with Crippen molar-refractivity contribution in [3.05, 3.63) is 65.4 Å². The van der Waals surface area contributed by atoms with Crippen molar-refractivity contribution in [2.45, 2.75) is 43.0 Å². The molecule has 0 saturated heterocycles. The first-order valence-electron chi connectivity index (χ1n) is 10.6. The van der Waals surface area contributed by atoms with Gasteiger partial charge in [0.25, 0.3) is 5.91 Å². The van der Waals surface area contributed by atoms with E-state index in [0.717, 1.165) is 46.7 Å². The lowest BCUT2D eigenvalue weighted by Crippen LogP contribution is -2.49. The SMILES string of the molecule is CC(CCn1cc2cc(C#Cc3ccc(C4(N)CC4)cc3)ccc2n1)(C(=O)NO)S(C)(=O)=O. The molecule has 1 aliphatic carbocycles. The summed E-state index contributed by atoms with van der Waals surface area (Å²) in [6, 6.07) is 13.7. The van der Waals surface area contributed by atoms with E-state index < -0.39 is 20.5 Å². The Morgan fingerprint density at radius 2 is 1.85 bits per heavy atom. The first kappa shape index (κ1) is 23.0. The van der Waals surface area contributed by atoms with E-state index >= 15 is 0 Å². The smallest absolute Gasteiger partial charge is 0.264 e. The minimum atomic E-state index is -3.76. The minimum absolute atomic E-state index is 0.0427. The fourth-order valence-corrected chi connectivity index (χ4v) is 4.48. The number of hydrogen-bond acceptors (Lipinski definition) is 6. The highest BCUT2D eigenvalue weighted by Crippen LogP contribution is 2.42. The monoisotopic (exact) mass is 466 g/mol. The van der Waals surface area contributed by atoms with Gasteiger partial charge in [0.2, 0.25) is 0 Å². The molecular weight excluding hydrogens is 440 g/mol. The van der Waals surface area contributed by atoms with Crippen LogP contribution >= 0.6 is 0 Å². The van der Waals surface area contributed by atoms with Crippen LogP contribution in [0, 0.1) is 11.8 Å². The van der Waals surface area contributed by atoms with Crippen LogP contribution in [0.2, 0.25) is 0 Å². The summed E-state index contributed by atoms with van der Waals surface area (Å²) in [6.45, 7) is 1.47. The summed E-state index contributed by atoms with van der Waals surface area (Å²) >= 11 is 0. The summed E-state index contributed by atoms with van der Waals surface area (Å²) in [5.41, 5.74) is 11.1. The molecule has 1 unspecified atom stereocenters. The molecular formula is C24H26N4O4S. The molecule has 0 bridgehead atoms. The van der Waals surface area contributed by atoms with Gasteiger partial charge in [-0.3, -0.25) is 14.7 Å². The van der Waals surface area contributed by atoms with Crippen molar-refractivity contribution < 1.29 is 18.4 Å². The van der Waals surface area contributed by atoms with Crippen LogP contribution in [0.4, 0.5) is 0 Å². The van der Waals surface area contributed by atoms with Gasteiger partial charge in [-0.05, 0) is 62.1 Å². The highest BCUT2D eigenvalue weighted by atomic mass is 32.2. The van der Waals surface area contributed by atoms with Crippen LogP contribution in [0.5, 0.6) is 0 Å². The Morgan fingerprint density at radius 3 is 2.45 bits per heavy atom. The summed E-state index contributed by atoms with van der Waals surface area (Å²) in [7, 11) is -3.76. The van der Waals surface area contributed by atoms with Crippen LogP contribution in [0.1, 0.15) is 42.9 Å². The van der Waals surface area contributed by atoms with E-state index in [4.69, 9.17) is 10.9 Å². The zero-order valence-electron chi connectivity index (χ0n) is 18.5. The van der Waals surface area contributed by atoms with Gasteiger partial charge in [-0.25, -0.2) is 13.9 Å². The largest absolute Gasteiger partial charge is 0.321 e. The molecule has 1 amide bonds. The summed E-state index contributed by atoms with van der Waals surface area (Å²) in [4.78, 5) is 12.0. The quantitative estimate of drug-likeness (QED) is 0.290. The number of aryl methyl sites for hydroxylation is 1. The number of rotatable bonds is 6. The Morgan fingerprint density at radius 1 is 1.21 bits per heavy atom. The standard InChI is InChI=1S/C24H26N4O4S/c1-23(22(29)27-30,33(2,31)32)13-14-28-16-19-15-18(7-10-21(19)26-28)4-3-17-5-8-20(9-6-17)24(25)11-12-24/h5-10,15-16,30H,11-14,25H2,1-2H3,(H,27,29). The normalized spacial score (nSPS) is 16.5. The lowest BCUT2D eigenvalue weighted by molar-refractivity contribution is -0.131. The van der Waals surface area contributed by atoms with E-state index in [0.29, 0.717) is 0 Å². The summed E-state index contributed by atoms with van der Waals surface area (Å²) in [5, 5.41) is 14.3. The number of hydrogen-bond donors (Lipinski definition) is 3. The van der Waals surface area contributed by atoms with Gasteiger partial charge in [-0.15, -0.1) is 0 Å². The zero-order valence-corrected chi connectivity index (χ0v) is 19.3. The van der Waals surface area contributed by atoms with Gasteiger partial charge in [0.05, 0.1) is 5.52 Å². The number of nitrogens with two attached hydrogens (primary N) is 1. The lowest BCUT2D eigenvalue weighted by Gasteiger charge is -2.24. The zero-order chi connectivity index (χ0) is 23.9. The maximum atomic E-state index is 12.1. The Bertz CT molecular complexity index is 1380. The van der Waals surface area contributed by atoms with E-state index in [1.165, 1.54) is 12.4 Å². The molecule has 8 nitrogen and oxygen atoms in total. The predicted octanol–water partition coefficient (Wildman–Crippen LogP) is 2.08. The molecule has 0 spiro atoms. The molecule has 0 radical (unpaired) electrons. The maximum Gasteiger partial charge on any atom is 0.264 e. The molecule has 1 fully saturated rings. The highest BCUT2D eigenvalue weighted by molar-refractivity contribution is 7.92. The average molecular weight is 467 g/mol. The topological polar surface area (TPSA) is 127 Å². The summed E-state index contributed by atoms with van der Waals surface area (Å²) in [5.74, 6) is 5.35.